The van der Waals surface area contributed by atoms with Crippen LogP contribution in [0.2, 0.25) is 0 Å². The van der Waals surface area contributed by atoms with Crippen LogP contribution in [0.5, 0.6) is 5.75 Å². The molecule has 0 saturated carbocycles. The number of amides is 2. The molecule has 0 radical (unpaired) electrons. The first-order valence-corrected chi connectivity index (χ1v) is 14.4. The second-order valence-electron chi connectivity index (χ2n) is 10.4. The quantitative estimate of drug-likeness (QED) is 0.187. The molecular formula is C36H32N2O7. The van der Waals surface area contributed by atoms with Crippen molar-refractivity contribution in [1.82, 2.24) is 9.80 Å². The highest BCUT2D eigenvalue weighted by molar-refractivity contribution is 6.02. The number of ether oxygens (including phenoxy) is 2. The first kappa shape index (κ1) is 30.7. The molecule has 4 aromatic rings. The van der Waals surface area contributed by atoms with Crippen molar-refractivity contribution < 1.29 is 33.8 Å². The molecule has 0 spiro atoms. The van der Waals surface area contributed by atoms with E-state index in [-0.39, 0.29) is 5.75 Å². The Morgan fingerprint density at radius 3 is 1.84 bits per heavy atom. The van der Waals surface area contributed by atoms with Crippen LogP contribution in [0.1, 0.15) is 53.0 Å². The normalized spacial score (nSPS) is 16.6. The Morgan fingerprint density at radius 1 is 0.800 bits per heavy atom. The highest BCUT2D eigenvalue weighted by Crippen LogP contribution is 2.39. The van der Waals surface area contributed by atoms with Gasteiger partial charge in [-0.25, -0.2) is 4.79 Å². The molecule has 3 unspecified atom stereocenters. The zero-order valence-electron chi connectivity index (χ0n) is 24.7. The monoisotopic (exact) mass is 604 g/mol. The second kappa shape index (κ2) is 13.7. The number of phenols is 1. The van der Waals surface area contributed by atoms with Gasteiger partial charge in [-0.3, -0.25) is 24.2 Å². The summed E-state index contributed by atoms with van der Waals surface area (Å²) >= 11 is 0. The molecule has 9 nitrogen and oxygen atoms in total. The Kier molecular flexibility index (Phi) is 9.38. The maximum atomic E-state index is 14.2. The van der Waals surface area contributed by atoms with E-state index in [2.05, 4.69) is 0 Å². The number of benzene rings is 4. The number of hydrogen-bond donors (Lipinski definition) is 1. The van der Waals surface area contributed by atoms with Gasteiger partial charge >= 0.3 is 11.9 Å². The number of nitrogens with zero attached hydrogens (tertiary/aromatic N) is 2. The molecule has 9 heteroatoms. The Hall–Kier alpha value is -5.70. The minimum atomic E-state index is -1.38. The van der Waals surface area contributed by atoms with Gasteiger partial charge in [-0.05, 0) is 47.9 Å². The fraction of sp³-hybridized carbons (Fsp3) is 0.167. The molecule has 228 valence electrons. The van der Waals surface area contributed by atoms with Gasteiger partial charge in [-0.2, -0.15) is 0 Å². The molecule has 0 bridgehead atoms. The number of allylic oxidation sites excluding steroid dienone is 1. The molecule has 1 N–H and O–H groups in total. The number of phenolic OH excluding ortho intramolecular Hbond substituents is 1. The van der Waals surface area contributed by atoms with E-state index in [0.29, 0.717) is 22.3 Å². The number of hydrogen-bond acceptors (Lipinski definition) is 7. The number of rotatable bonds is 10. The van der Waals surface area contributed by atoms with Gasteiger partial charge in [-0.1, -0.05) is 97.1 Å². The Balaban J connectivity index is 1.55. The number of carbonyl (C=O) groups excluding carboxylic acids is 4. The van der Waals surface area contributed by atoms with Crippen LogP contribution in [0.3, 0.4) is 0 Å². The van der Waals surface area contributed by atoms with E-state index in [4.69, 9.17) is 9.47 Å². The lowest BCUT2D eigenvalue weighted by Crippen LogP contribution is -2.73. The van der Waals surface area contributed by atoms with Gasteiger partial charge < -0.3 is 14.6 Å². The first-order chi connectivity index (χ1) is 21.8. The van der Waals surface area contributed by atoms with Gasteiger partial charge in [0.2, 0.25) is 6.23 Å². The zero-order chi connectivity index (χ0) is 31.9. The maximum absolute atomic E-state index is 14.2. The molecule has 4 aromatic carbocycles. The highest BCUT2D eigenvalue weighted by Gasteiger charge is 2.58. The van der Waals surface area contributed by atoms with E-state index in [9.17, 15) is 24.3 Å². The van der Waals surface area contributed by atoms with Crippen LogP contribution in [-0.4, -0.2) is 50.9 Å². The summed E-state index contributed by atoms with van der Waals surface area (Å²) in [6.07, 6.45) is 0.896. The minimum absolute atomic E-state index is 0.0469. The van der Waals surface area contributed by atoms with Crippen molar-refractivity contribution in [3.63, 3.8) is 0 Å². The summed E-state index contributed by atoms with van der Waals surface area (Å²) in [6, 6.07) is 29.9. The Morgan fingerprint density at radius 2 is 1.33 bits per heavy atom. The summed E-state index contributed by atoms with van der Waals surface area (Å²) < 4.78 is 11.8. The van der Waals surface area contributed by atoms with Crippen molar-refractivity contribution in [2.24, 2.45) is 0 Å². The molecule has 0 aromatic heterocycles. The van der Waals surface area contributed by atoms with Crippen LogP contribution < -0.4 is 0 Å². The van der Waals surface area contributed by atoms with Crippen molar-refractivity contribution in [3.05, 3.63) is 150 Å². The van der Waals surface area contributed by atoms with Crippen molar-refractivity contribution >= 4 is 23.8 Å². The van der Waals surface area contributed by atoms with Gasteiger partial charge in [-0.15, -0.1) is 0 Å². The maximum Gasteiger partial charge on any atom is 0.334 e. The van der Waals surface area contributed by atoms with E-state index in [0.717, 1.165) is 4.90 Å². The van der Waals surface area contributed by atoms with Crippen LogP contribution >= 0.6 is 0 Å². The average Bonchev–Trinajstić information content (AvgIpc) is 3.06. The second-order valence-corrected chi connectivity index (χ2v) is 10.4. The molecule has 5 rings (SSSR count). The predicted molar refractivity (Wildman–Crippen MR) is 165 cm³/mol. The van der Waals surface area contributed by atoms with E-state index in [1.165, 1.54) is 42.3 Å². The average molecular weight is 605 g/mol. The summed E-state index contributed by atoms with van der Waals surface area (Å²) in [7, 11) is 0. The molecule has 1 aliphatic heterocycles. The summed E-state index contributed by atoms with van der Waals surface area (Å²) in [5, 5.41) is 9.98. The SMILES string of the molecule is CC=CN(C(=O)c1ccccc1)C1C(=O)N(C(C(=O)OC(c2ccccc2)c2ccccc2)c2ccc(O)cc2)C1OC(C)=O. The van der Waals surface area contributed by atoms with Crippen molar-refractivity contribution in [2.45, 2.75) is 38.3 Å². The van der Waals surface area contributed by atoms with Crippen LogP contribution in [0.25, 0.3) is 0 Å². The van der Waals surface area contributed by atoms with E-state index in [1.54, 1.807) is 43.3 Å². The lowest BCUT2D eigenvalue weighted by molar-refractivity contribution is -0.208. The largest absolute Gasteiger partial charge is 0.508 e. The van der Waals surface area contributed by atoms with Crippen molar-refractivity contribution in [1.29, 1.82) is 0 Å². The predicted octanol–water partition coefficient (Wildman–Crippen LogP) is 5.54. The molecule has 45 heavy (non-hydrogen) atoms. The first-order valence-electron chi connectivity index (χ1n) is 14.4. The van der Waals surface area contributed by atoms with Crippen molar-refractivity contribution in [2.75, 3.05) is 0 Å². The minimum Gasteiger partial charge on any atom is -0.508 e. The highest BCUT2D eigenvalue weighted by atomic mass is 16.6. The molecular weight excluding hydrogens is 572 g/mol. The van der Waals surface area contributed by atoms with Crippen LogP contribution in [0, 0.1) is 0 Å². The number of likely N-dealkylation sites (tertiary alicyclic amines) is 1. The third-order valence-electron chi connectivity index (χ3n) is 7.35. The van der Waals surface area contributed by atoms with Crippen molar-refractivity contribution in [3.8, 4) is 5.75 Å². The molecule has 1 heterocycles. The van der Waals surface area contributed by atoms with E-state index in [1.807, 2.05) is 60.7 Å². The summed E-state index contributed by atoms with van der Waals surface area (Å²) in [6.45, 7) is 2.88. The number of aromatic hydroxyl groups is 1. The Labute approximate surface area is 260 Å². The van der Waals surface area contributed by atoms with Gasteiger partial charge in [0.25, 0.3) is 11.8 Å². The number of esters is 2. The smallest absolute Gasteiger partial charge is 0.334 e. The molecule has 3 atom stereocenters. The van der Waals surface area contributed by atoms with Crippen LogP contribution in [0.4, 0.5) is 0 Å². The van der Waals surface area contributed by atoms with Crippen LogP contribution in [0.15, 0.2) is 128 Å². The van der Waals surface area contributed by atoms with Gasteiger partial charge in [0.1, 0.15) is 5.75 Å². The van der Waals surface area contributed by atoms with E-state index >= 15 is 0 Å². The summed E-state index contributed by atoms with van der Waals surface area (Å²) in [5.41, 5.74) is 2.05. The molecule has 1 aliphatic rings. The van der Waals surface area contributed by atoms with Crippen LogP contribution in [-0.2, 0) is 23.9 Å². The standard InChI is InChI=1S/C36H32N2O7/c1-3-23-37(33(41)28-17-11-6-12-18-28)31-34(42)38(35(31)44-24(2)39)30(25-19-21-29(40)22-20-25)36(43)45-32(26-13-7-4-8-14-26)27-15-9-5-10-16-27/h3-23,30-32,35,40H,1-2H3. The number of β-lactam (4-membered cyclic amide) rings is 1. The molecule has 1 fully saturated rings. The van der Waals surface area contributed by atoms with Gasteiger partial charge in [0.15, 0.2) is 18.2 Å². The lowest BCUT2D eigenvalue weighted by Gasteiger charge is -2.51. The van der Waals surface area contributed by atoms with Gasteiger partial charge in [0.05, 0.1) is 0 Å². The fourth-order valence-corrected chi connectivity index (χ4v) is 5.30. The Bertz CT molecular complexity index is 1640. The molecule has 0 aliphatic carbocycles. The lowest BCUT2D eigenvalue weighted by atomic mass is 9.94. The summed E-state index contributed by atoms with van der Waals surface area (Å²) in [4.78, 5) is 56.6. The fourth-order valence-electron chi connectivity index (χ4n) is 5.30. The number of carbonyl (C=O) groups is 4. The topological polar surface area (TPSA) is 113 Å². The third-order valence-corrected chi connectivity index (χ3v) is 7.35. The molecule has 2 amide bonds. The zero-order valence-corrected chi connectivity index (χ0v) is 24.7. The molecule has 1 saturated heterocycles. The van der Waals surface area contributed by atoms with Gasteiger partial charge in [0, 0.05) is 18.7 Å². The third kappa shape index (κ3) is 6.62. The van der Waals surface area contributed by atoms with E-state index < -0.39 is 48.2 Å². The summed E-state index contributed by atoms with van der Waals surface area (Å²) in [5.74, 6) is -2.67.